The molecule has 1 saturated carbocycles. The number of aliphatic hydroxyl groups is 1. The highest BCUT2D eigenvalue weighted by molar-refractivity contribution is 5.91. The predicted molar refractivity (Wildman–Crippen MR) is 88.0 cm³/mol. The molecule has 2 N–H and O–H groups in total. The van der Waals surface area contributed by atoms with Crippen LogP contribution in [-0.2, 0) is 19.7 Å². The quantitative estimate of drug-likeness (QED) is 0.806. The van der Waals surface area contributed by atoms with Gasteiger partial charge in [0.05, 0.1) is 31.8 Å². The van der Waals surface area contributed by atoms with Crippen LogP contribution in [0.1, 0.15) is 18.4 Å². The Morgan fingerprint density at radius 3 is 2.58 bits per heavy atom. The summed E-state index contributed by atoms with van der Waals surface area (Å²) in [5.41, 5.74) is 0.573. The van der Waals surface area contributed by atoms with Gasteiger partial charge in [-0.15, -0.1) is 0 Å². The second-order valence-corrected chi connectivity index (χ2v) is 6.58. The van der Waals surface area contributed by atoms with Crippen LogP contribution in [0, 0.1) is 5.92 Å². The van der Waals surface area contributed by atoms with Gasteiger partial charge in [0, 0.05) is 19.6 Å². The van der Waals surface area contributed by atoms with Crippen LogP contribution in [0.4, 0.5) is 0 Å². The zero-order chi connectivity index (χ0) is 17.2. The molecule has 1 aromatic rings. The van der Waals surface area contributed by atoms with Gasteiger partial charge in [0.1, 0.15) is 11.9 Å². The Labute approximate surface area is 142 Å². The lowest BCUT2D eigenvalue weighted by Crippen LogP contribution is -2.50. The molecule has 1 amide bonds. The van der Waals surface area contributed by atoms with Crippen LogP contribution in [0.3, 0.4) is 0 Å². The van der Waals surface area contributed by atoms with Crippen LogP contribution in [-0.4, -0.2) is 57.2 Å². The van der Waals surface area contributed by atoms with E-state index in [0.29, 0.717) is 19.8 Å². The lowest BCUT2D eigenvalue weighted by molar-refractivity contribution is -0.137. The normalized spacial score (nSPS) is 28.2. The number of carbonyl (C=O) groups excluding carboxylic acids is 1. The monoisotopic (exact) mass is 335 g/mol. The van der Waals surface area contributed by atoms with Gasteiger partial charge in [-0.2, -0.15) is 0 Å². The second-order valence-electron chi connectivity index (χ2n) is 6.58. The van der Waals surface area contributed by atoms with E-state index < -0.39 is 11.5 Å². The summed E-state index contributed by atoms with van der Waals surface area (Å²) in [6.45, 7) is 1.20. The van der Waals surface area contributed by atoms with E-state index in [0.717, 1.165) is 24.2 Å². The summed E-state index contributed by atoms with van der Waals surface area (Å²) in [7, 11) is 3.18. The predicted octanol–water partition coefficient (Wildman–Crippen LogP) is 0.865. The van der Waals surface area contributed by atoms with Gasteiger partial charge in [0.15, 0.2) is 0 Å². The first-order valence-corrected chi connectivity index (χ1v) is 8.32. The minimum Gasteiger partial charge on any atom is -0.497 e. The van der Waals surface area contributed by atoms with E-state index in [1.807, 2.05) is 24.3 Å². The molecule has 2 fully saturated rings. The summed E-state index contributed by atoms with van der Waals surface area (Å²) >= 11 is 0. The van der Waals surface area contributed by atoms with Gasteiger partial charge in [0.25, 0.3) is 0 Å². The van der Waals surface area contributed by atoms with Crippen molar-refractivity contribution in [3.05, 3.63) is 29.8 Å². The van der Waals surface area contributed by atoms with E-state index in [2.05, 4.69) is 5.32 Å². The van der Waals surface area contributed by atoms with E-state index in [4.69, 9.17) is 14.2 Å². The smallest absolute Gasteiger partial charge is 0.230 e. The van der Waals surface area contributed by atoms with Crippen molar-refractivity contribution in [1.82, 2.24) is 5.32 Å². The van der Waals surface area contributed by atoms with Crippen molar-refractivity contribution in [3.63, 3.8) is 0 Å². The van der Waals surface area contributed by atoms with Crippen molar-refractivity contribution in [2.45, 2.75) is 30.5 Å². The van der Waals surface area contributed by atoms with Crippen LogP contribution in [0.25, 0.3) is 0 Å². The second kappa shape index (κ2) is 7.09. The molecule has 1 aliphatic heterocycles. The zero-order valence-corrected chi connectivity index (χ0v) is 14.2. The fraction of sp³-hybridized carbons (Fsp3) is 0.611. The first-order chi connectivity index (χ1) is 11.6. The highest BCUT2D eigenvalue weighted by atomic mass is 16.5. The van der Waals surface area contributed by atoms with Crippen molar-refractivity contribution < 1.29 is 24.1 Å². The van der Waals surface area contributed by atoms with Crippen LogP contribution in [0.15, 0.2) is 24.3 Å². The number of benzene rings is 1. The minimum atomic E-state index is -0.625. The highest BCUT2D eigenvalue weighted by Crippen LogP contribution is 2.48. The Bertz CT molecular complexity index is 569. The maximum Gasteiger partial charge on any atom is 0.230 e. The number of carbonyl (C=O) groups is 1. The number of ether oxygens (including phenoxy) is 3. The number of hydrogen-bond donors (Lipinski definition) is 2. The number of nitrogens with one attached hydrogen (secondary N) is 1. The van der Waals surface area contributed by atoms with Crippen LogP contribution in [0.2, 0.25) is 0 Å². The van der Waals surface area contributed by atoms with E-state index >= 15 is 0 Å². The average molecular weight is 335 g/mol. The lowest BCUT2D eigenvalue weighted by atomic mass is 9.93. The first kappa shape index (κ1) is 17.2. The Morgan fingerprint density at radius 1 is 1.29 bits per heavy atom. The Hall–Kier alpha value is -1.63. The summed E-state index contributed by atoms with van der Waals surface area (Å²) in [5.74, 6) is 0.641. The molecule has 0 bridgehead atoms. The van der Waals surface area contributed by atoms with Gasteiger partial charge in [0.2, 0.25) is 5.91 Å². The third kappa shape index (κ3) is 3.27. The Kier molecular flexibility index (Phi) is 5.08. The van der Waals surface area contributed by atoms with Gasteiger partial charge >= 0.3 is 0 Å². The molecule has 1 aliphatic carbocycles. The molecule has 132 valence electrons. The van der Waals surface area contributed by atoms with Gasteiger partial charge < -0.3 is 24.6 Å². The molecule has 0 aromatic heterocycles. The summed E-state index contributed by atoms with van der Waals surface area (Å²) in [6, 6.07) is 7.66. The molecule has 2 aliphatic rings. The number of rotatable bonds is 6. The molecule has 3 atom stereocenters. The van der Waals surface area contributed by atoms with Crippen molar-refractivity contribution in [2.24, 2.45) is 5.92 Å². The van der Waals surface area contributed by atoms with Gasteiger partial charge in [-0.05, 0) is 30.5 Å². The topological polar surface area (TPSA) is 77.0 Å². The van der Waals surface area contributed by atoms with Crippen molar-refractivity contribution in [2.75, 3.05) is 34.0 Å². The minimum absolute atomic E-state index is 0.0133. The summed E-state index contributed by atoms with van der Waals surface area (Å²) < 4.78 is 15.8. The fourth-order valence-corrected chi connectivity index (χ4v) is 3.30. The van der Waals surface area contributed by atoms with Gasteiger partial charge in [-0.1, -0.05) is 12.1 Å². The highest BCUT2D eigenvalue weighted by Gasteiger charge is 2.51. The number of methoxy groups -OCH3 is 2. The van der Waals surface area contributed by atoms with Crippen molar-refractivity contribution in [1.29, 1.82) is 0 Å². The van der Waals surface area contributed by atoms with Gasteiger partial charge in [-0.25, -0.2) is 0 Å². The number of hydrogen-bond acceptors (Lipinski definition) is 5. The molecule has 1 heterocycles. The molecule has 1 aromatic carbocycles. The molecule has 0 unspecified atom stereocenters. The van der Waals surface area contributed by atoms with E-state index in [1.165, 1.54) is 0 Å². The largest absolute Gasteiger partial charge is 0.497 e. The average Bonchev–Trinajstić information content (AvgIpc) is 3.42. The van der Waals surface area contributed by atoms with Crippen LogP contribution < -0.4 is 10.1 Å². The molecule has 0 spiro atoms. The molecular formula is C18H25NO5. The molecule has 3 rings (SSSR count). The first-order valence-electron chi connectivity index (χ1n) is 8.32. The van der Waals surface area contributed by atoms with Crippen molar-refractivity contribution >= 4 is 5.91 Å². The van der Waals surface area contributed by atoms with E-state index in [-0.39, 0.29) is 17.9 Å². The summed E-state index contributed by atoms with van der Waals surface area (Å²) in [6.07, 6.45) is 0.725. The molecule has 6 nitrogen and oxygen atoms in total. The van der Waals surface area contributed by atoms with E-state index in [1.54, 1.807) is 14.2 Å². The number of amides is 1. The third-order valence-electron chi connectivity index (χ3n) is 5.13. The Balaban J connectivity index is 1.60. The van der Waals surface area contributed by atoms with E-state index in [9.17, 15) is 9.90 Å². The van der Waals surface area contributed by atoms with Crippen LogP contribution >= 0.6 is 0 Å². The standard InChI is InChI=1S/C18H25NO5/c1-22-14-5-3-13(4-6-14)18(7-8-18)17(21)19-9-12-10-24-11-15(23-2)16(12)20/h3-6,12,15-16,20H,7-11H2,1-2H3,(H,19,21)/t12-,15-,16+/m1/s1. The van der Waals surface area contributed by atoms with Crippen LogP contribution in [0.5, 0.6) is 5.75 Å². The molecule has 1 saturated heterocycles. The maximum absolute atomic E-state index is 12.7. The lowest BCUT2D eigenvalue weighted by Gasteiger charge is -2.34. The third-order valence-corrected chi connectivity index (χ3v) is 5.13. The molecular weight excluding hydrogens is 310 g/mol. The SMILES string of the molecule is COc1ccc(C2(C(=O)NC[C@@H]3COC[C@@H](OC)[C@H]3O)CC2)cc1. The Morgan fingerprint density at radius 2 is 2.00 bits per heavy atom. The molecule has 0 radical (unpaired) electrons. The molecule has 24 heavy (non-hydrogen) atoms. The van der Waals surface area contributed by atoms with Gasteiger partial charge in [-0.3, -0.25) is 4.79 Å². The summed E-state index contributed by atoms with van der Waals surface area (Å²) in [5, 5.41) is 13.3. The maximum atomic E-state index is 12.7. The summed E-state index contributed by atoms with van der Waals surface area (Å²) in [4.78, 5) is 12.7. The zero-order valence-electron chi connectivity index (χ0n) is 14.2. The fourth-order valence-electron chi connectivity index (χ4n) is 3.30. The van der Waals surface area contributed by atoms with Crippen molar-refractivity contribution in [3.8, 4) is 5.75 Å². The molecule has 6 heteroatoms. The number of aliphatic hydroxyl groups excluding tert-OH is 1.